The van der Waals surface area contributed by atoms with Crippen molar-refractivity contribution in [1.82, 2.24) is 20.9 Å². The molecule has 1 aliphatic carbocycles. The van der Waals surface area contributed by atoms with E-state index in [1.807, 2.05) is 0 Å². The van der Waals surface area contributed by atoms with E-state index in [4.69, 9.17) is 4.74 Å². The lowest BCUT2D eigenvalue weighted by Gasteiger charge is -2.32. The van der Waals surface area contributed by atoms with Crippen molar-refractivity contribution in [2.45, 2.75) is 96.2 Å². The number of ketones is 1. The van der Waals surface area contributed by atoms with Gasteiger partial charge < -0.3 is 30.7 Å². The molecule has 11 nitrogen and oxygen atoms in total. The van der Waals surface area contributed by atoms with Crippen molar-refractivity contribution in [3.05, 3.63) is 12.7 Å². The number of alkyl carbamates (subject to hydrolysis) is 1. The summed E-state index contributed by atoms with van der Waals surface area (Å²) in [6.07, 6.45) is 1.68. The molecule has 0 aromatic rings. The van der Waals surface area contributed by atoms with Gasteiger partial charge in [0.1, 0.15) is 17.7 Å². The Balaban J connectivity index is 2.16. The predicted octanol–water partition coefficient (Wildman–Crippen LogP) is 0.406. The Hall–Kier alpha value is -2.95. The summed E-state index contributed by atoms with van der Waals surface area (Å²) in [4.78, 5) is 64.8. The minimum Gasteiger partial charge on any atom is -0.444 e. The van der Waals surface area contributed by atoms with Gasteiger partial charge in [0.25, 0.3) is 5.91 Å². The van der Waals surface area contributed by atoms with Crippen LogP contribution in [0.1, 0.15) is 60.3 Å². The van der Waals surface area contributed by atoms with Gasteiger partial charge in [0.05, 0.1) is 12.1 Å². The Bertz CT molecular complexity index is 847. The van der Waals surface area contributed by atoms with Crippen LogP contribution in [0.3, 0.4) is 0 Å². The number of Topliss-reactive ketones (excluding diaryl/α,β-unsaturated/α-hetero) is 1. The molecule has 0 aromatic carbocycles. The number of rotatable bonds is 10. The minimum absolute atomic E-state index is 0.00243. The van der Waals surface area contributed by atoms with Crippen molar-refractivity contribution < 1.29 is 33.8 Å². The van der Waals surface area contributed by atoms with Crippen molar-refractivity contribution in [2.24, 2.45) is 5.92 Å². The van der Waals surface area contributed by atoms with Crippen molar-refractivity contribution in [1.29, 1.82) is 0 Å². The lowest BCUT2D eigenvalue weighted by Crippen LogP contribution is -2.59. The van der Waals surface area contributed by atoms with Crippen LogP contribution in [0.25, 0.3) is 0 Å². The number of carbonyl (C=O) groups excluding carboxylic acids is 5. The third-order valence-electron chi connectivity index (χ3n) is 5.90. The van der Waals surface area contributed by atoms with E-state index in [1.54, 1.807) is 33.8 Å². The highest BCUT2D eigenvalue weighted by atomic mass is 16.6. The van der Waals surface area contributed by atoms with E-state index in [1.165, 1.54) is 11.8 Å². The van der Waals surface area contributed by atoms with E-state index in [-0.39, 0.29) is 19.0 Å². The van der Waals surface area contributed by atoms with E-state index < -0.39 is 65.3 Å². The number of ether oxygens (including phenoxy) is 1. The number of aliphatic hydroxyl groups excluding tert-OH is 1. The second-order valence-electron chi connectivity index (χ2n) is 10.1. The first-order valence-corrected chi connectivity index (χ1v) is 12.0. The monoisotopic (exact) mass is 494 g/mol. The van der Waals surface area contributed by atoms with E-state index >= 15 is 0 Å². The molecular formula is C24H38N4O7. The molecular weight excluding hydrogens is 456 g/mol. The molecule has 0 unspecified atom stereocenters. The molecule has 0 aromatic heterocycles. The van der Waals surface area contributed by atoms with Gasteiger partial charge in [0.2, 0.25) is 17.6 Å². The van der Waals surface area contributed by atoms with Crippen molar-refractivity contribution in [3.63, 3.8) is 0 Å². The highest BCUT2D eigenvalue weighted by Gasteiger charge is 2.45. The van der Waals surface area contributed by atoms with Gasteiger partial charge in [-0.25, -0.2) is 4.79 Å². The van der Waals surface area contributed by atoms with Gasteiger partial charge in [0.15, 0.2) is 0 Å². The van der Waals surface area contributed by atoms with E-state index in [0.29, 0.717) is 6.42 Å². The predicted molar refractivity (Wildman–Crippen MR) is 127 cm³/mol. The van der Waals surface area contributed by atoms with Gasteiger partial charge >= 0.3 is 6.09 Å². The average molecular weight is 495 g/mol. The maximum absolute atomic E-state index is 13.3. The second kappa shape index (κ2) is 11.7. The molecule has 1 saturated heterocycles. The maximum atomic E-state index is 13.3. The Morgan fingerprint density at radius 1 is 1.14 bits per heavy atom. The average Bonchev–Trinajstić information content (AvgIpc) is 3.47. The van der Waals surface area contributed by atoms with Crippen LogP contribution >= 0.6 is 0 Å². The third-order valence-corrected chi connectivity index (χ3v) is 5.90. The van der Waals surface area contributed by atoms with Crippen LogP contribution in [-0.4, -0.2) is 82.0 Å². The highest BCUT2D eigenvalue weighted by Crippen LogP contribution is 2.27. The van der Waals surface area contributed by atoms with Crippen LogP contribution in [0.2, 0.25) is 0 Å². The largest absolute Gasteiger partial charge is 0.444 e. The molecule has 0 radical (unpaired) electrons. The Morgan fingerprint density at radius 2 is 1.77 bits per heavy atom. The summed E-state index contributed by atoms with van der Waals surface area (Å²) in [5.74, 6) is -3.17. The van der Waals surface area contributed by atoms with Gasteiger partial charge in [0, 0.05) is 18.5 Å². The molecule has 0 spiro atoms. The SMILES string of the molecule is C=C[C@H]1CCN(C(=O)[C@@H](NC(=O)OC(C)(C)C)[C@H](C)O)[C@@H]1C(=O)N[C@@H](CC)C(=O)C(=O)NC1CC1. The van der Waals surface area contributed by atoms with Crippen LogP contribution in [0.5, 0.6) is 0 Å². The van der Waals surface area contributed by atoms with Crippen molar-refractivity contribution in [3.8, 4) is 0 Å². The third kappa shape index (κ3) is 7.78. The topological polar surface area (TPSA) is 154 Å². The molecule has 4 N–H and O–H groups in total. The molecule has 2 fully saturated rings. The number of hydrogen-bond donors (Lipinski definition) is 4. The van der Waals surface area contributed by atoms with Crippen LogP contribution in [-0.2, 0) is 23.9 Å². The molecule has 1 aliphatic heterocycles. The zero-order valence-corrected chi connectivity index (χ0v) is 21.1. The highest BCUT2D eigenvalue weighted by molar-refractivity contribution is 6.38. The molecule has 35 heavy (non-hydrogen) atoms. The summed E-state index contributed by atoms with van der Waals surface area (Å²) in [6, 6.07) is -3.41. The van der Waals surface area contributed by atoms with Crippen molar-refractivity contribution in [2.75, 3.05) is 6.54 Å². The summed E-state index contributed by atoms with van der Waals surface area (Å²) >= 11 is 0. The van der Waals surface area contributed by atoms with E-state index in [9.17, 15) is 29.1 Å². The zero-order chi connectivity index (χ0) is 26.5. The van der Waals surface area contributed by atoms with Gasteiger partial charge in [-0.15, -0.1) is 6.58 Å². The first-order valence-electron chi connectivity index (χ1n) is 12.0. The minimum atomic E-state index is -1.35. The first kappa shape index (κ1) is 28.3. The summed E-state index contributed by atoms with van der Waals surface area (Å²) < 4.78 is 5.19. The summed E-state index contributed by atoms with van der Waals surface area (Å²) in [5.41, 5.74) is -0.812. The second-order valence-corrected chi connectivity index (χ2v) is 10.1. The summed E-state index contributed by atoms with van der Waals surface area (Å²) in [5, 5.41) is 17.8. The number of hydrogen-bond acceptors (Lipinski definition) is 7. The van der Waals surface area contributed by atoms with Gasteiger partial charge in [-0.2, -0.15) is 0 Å². The van der Waals surface area contributed by atoms with Gasteiger partial charge in [-0.05, 0) is 53.4 Å². The van der Waals surface area contributed by atoms with Crippen LogP contribution in [0.4, 0.5) is 4.79 Å². The molecule has 4 amide bonds. The van der Waals surface area contributed by atoms with Gasteiger partial charge in [-0.3, -0.25) is 19.2 Å². The Kier molecular flexibility index (Phi) is 9.42. The van der Waals surface area contributed by atoms with E-state index in [2.05, 4.69) is 22.5 Å². The Morgan fingerprint density at radius 3 is 2.26 bits per heavy atom. The lowest BCUT2D eigenvalue weighted by atomic mass is 9.98. The first-order chi connectivity index (χ1) is 16.3. The van der Waals surface area contributed by atoms with Crippen molar-refractivity contribution >= 4 is 29.6 Å². The number of nitrogens with zero attached hydrogens (tertiary/aromatic N) is 1. The fraction of sp³-hybridized carbons (Fsp3) is 0.708. The molecule has 5 atom stereocenters. The summed E-state index contributed by atoms with van der Waals surface area (Å²) in [7, 11) is 0. The number of amides is 4. The molecule has 0 bridgehead atoms. The Labute approximate surface area is 206 Å². The number of likely N-dealkylation sites (tertiary alicyclic amines) is 1. The fourth-order valence-electron chi connectivity index (χ4n) is 3.90. The maximum Gasteiger partial charge on any atom is 0.408 e. The van der Waals surface area contributed by atoms with Crippen LogP contribution in [0, 0.1) is 5.92 Å². The standard InChI is InChI=1S/C24H38N4O7/c1-7-14-11-12-28(22(33)17(13(3)29)27-23(34)35-24(4,5)6)18(14)20(31)26-16(8-2)19(30)21(32)25-15-9-10-15/h7,13-18,29H,1,8-12H2,2-6H3,(H,25,32)(H,26,31)(H,27,34)/t13-,14-,16-,17-,18-/m0/s1. The molecule has 1 heterocycles. The fourth-order valence-corrected chi connectivity index (χ4v) is 3.90. The molecule has 11 heteroatoms. The zero-order valence-electron chi connectivity index (χ0n) is 21.1. The van der Waals surface area contributed by atoms with Crippen LogP contribution < -0.4 is 16.0 Å². The van der Waals surface area contributed by atoms with Gasteiger partial charge in [-0.1, -0.05) is 13.0 Å². The number of aliphatic hydroxyl groups is 1. The summed E-state index contributed by atoms with van der Waals surface area (Å²) in [6.45, 7) is 11.9. The van der Waals surface area contributed by atoms with Crippen LogP contribution in [0.15, 0.2) is 12.7 Å². The molecule has 1 saturated carbocycles. The molecule has 196 valence electrons. The lowest BCUT2D eigenvalue weighted by molar-refractivity contribution is -0.144. The van der Waals surface area contributed by atoms with E-state index in [0.717, 1.165) is 12.8 Å². The quantitative estimate of drug-likeness (QED) is 0.253. The normalized spacial score (nSPS) is 22.4. The number of nitrogens with one attached hydrogen (secondary N) is 3. The number of carbonyl (C=O) groups is 5. The molecule has 2 aliphatic rings. The molecule has 2 rings (SSSR count). The smallest absolute Gasteiger partial charge is 0.408 e.